The molecule has 2 saturated heterocycles. The largest absolute Gasteiger partial charge is 0.394 e. The van der Waals surface area contributed by atoms with Crippen LogP contribution in [-0.2, 0) is 9.53 Å². The molecule has 1 N–H and O–H groups in total. The van der Waals surface area contributed by atoms with E-state index in [0.717, 1.165) is 26.1 Å². The van der Waals surface area contributed by atoms with Gasteiger partial charge in [-0.3, -0.25) is 9.80 Å². The summed E-state index contributed by atoms with van der Waals surface area (Å²) < 4.78 is 5.33. The van der Waals surface area contributed by atoms with Crippen LogP contribution in [0.5, 0.6) is 0 Å². The number of aliphatic hydroxyl groups excluding tert-OH is 1. The molecule has 0 aromatic heterocycles. The molecule has 0 aliphatic carbocycles. The number of hydrogen-bond donors (Lipinski definition) is 1. The molecular formula is C10H18N2O3. The summed E-state index contributed by atoms with van der Waals surface area (Å²) >= 11 is 0. The monoisotopic (exact) mass is 214 g/mol. The van der Waals surface area contributed by atoms with Crippen molar-refractivity contribution in [1.29, 1.82) is 0 Å². The minimum Gasteiger partial charge on any atom is -0.394 e. The smallest absolute Gasteiger partial charge is 0.238 e. The van der Waals surface area contributed by atoms with E-state index in [0.29, 0.717) is 13.0 Å². The van der Waals surface area contributed by atoms with Gasteiger partial charge in [0.25, 0.3) is 0 Å². The minimum absolute atomic E-state index is 0.0165. The molecule has 15 heavy (non-hydrogen) atoms. The van der Waals surface area contributed by atoms with E-state index >= 15 is 0 Å². The Kier molecular flexibility index (Phi) is 2.95. The average Bonchev–Trinajstić information content (AvgIpc) is 2.45. The van der Waals surface area contributed by atoms with Crippen molar-refractivity contribution in [2.75, 3.05) is 33.4 Å². The molecule has 0 aromatic rings. The number of carbonyl (C=O) groups excluding carboxylic acids is 1. The van der Waals surface area contributed by atoms with Crippen molar-refractivity contribution in [3.05, 3.63) is 0 Å². The molecule has 2 aliphatic rings. The number of β-amino-alcohol motifs (C(OH)–C–C–N with tert-alkyl or cyclic N) is 1. The molecule has 5 heteroatoms. The maximum atomic E-state index is 11.8. The van der Waals surface area contributed by atoms with Gasteiger partial charge < -0.3 is 9.84 Å². The van der Waals surface area contributed by atoms with Crippen LogP contribution >= 0.6 is 0 Å². The van der Waals surface area contributed by atoms with Crippen molar-refractivity contribution in [3.8, 4) is 0 Å². The van der Waals surface area contributed by atoms with Gasteiger partial charge in [-0.25, -0.2) is 5.01 Å². The Morgan fingerprint density at radius 3 is 2.73 bits per heavy atom. The zero-order valence-electron chi connectivity index (χ0n) is 9.11. The second kappa shape index (κ2) is 4.08. The molecule has 0 bridgehead atoms. The molecule has 2 fully saturated rings. The van der Waals surface area contributed by atoms with Gasteiger partial charge in [-0.15, -0.1) is 0 Å². The Morgan fingerprint density at radius 1 is 1.47 bits per heavy atom. The van der Waals surface area contributed by atoms with Crippen molar-refractivity contribution in [2.45, 2.75) is 24.8 Å². The summed E-state index contributed by atoms with van der Waals surface area (Å²) in [4.78, 5) is 11.8. The zero-order valence-corrected chi connectivity index (χ0v) is 9.11. The van der Waals surface area contributed by atoms with E-state index in [2.05, 4.69) is 0 Å². The first-order valence-electron chi connectivity index (χ1n) is 5.42. The van der Waals surface area contributed by atoms with Crippen molar-refractivity contribution < 1.29 is 14.6 Å². The summed E-state index contributed by atoms with van der Waals surface area (Å²) in [5.74, 6) is 0.119. The topological polar surface area (TPSA) is 53.0 Å². The SMILES string of the molecule is CN1N(CCO)C(=O)CC12CCOCC2. The molecule has 0 unspecified atom stereocenters. The first-order chi connectivity index (χ1) is 7.19. The number of hydrogen-bond acceptors (Lipinski definition) is 4. The molecular weight excluding hydrogens is 196 g/mol. The lowest BCUT2D eigenvalue weighted by Crippen LogP contribution is -2.51. The molecule has 86 valence electrons. The highest BCUT2D eigenvalue weighted by molar-refractivity contribution is 5.79. The highest BCUT2D eigenvalue weighted by Gasteiger charge is 2.48. The van der Waals surface area contributed by atoms with Gasteiger partial charge in [0.1, 0.15) is 0 Å². The van der Waals surface area contributed by atoms with Crippen LogP contribution in [0.25, 0.3) is 0 Å². The highest BCUT2D eigenvalue weighted by Crippen LogP contribution is 2.37. The number of amides is 1. The molecule has 0 radical (unpaired) electrons. The van der Waals surface area contributed by atoms with Crippen molar-refractivity contribution in [1.82, 2.24) is 10.0 Å². The number of nitrogens with zero attached hydrogens (tertiary/aromatic N) is 2. The summed E-state index contributed by atoms with van der Waals surface area (Å²) in [5.41, 5.74) is -0.0511. The lowest BCUT2D eigenvalue weighted by molar-refractivity contribution is -0.141. The molecule has 0 aromatic carbocycles. The van der Waals surface area contributed by atoms with Gasteiger partial charge in [0.2, 0.25) is 5.91 Å². The second-order valence-electron chi connectivity index (χ2n) is 4.28. The number of ether oxygens (including phenoxy) is 1. The van der Waals surface area contributed by atoms with Crippen molar-refractivity contribution >= 4 is 5.91 Å². The second-order valence-corrected chi connectivity index (χ2v) is 4.28. The molecule has 0 saturated carbocycles. The van der Waals surface area contributed by atoms with E-state index in [4.69, 9.17) is 9.84 Å². The van der Waals surface area contributed by atoms with Crippen LogP contribution in [0, 0.1) is 0 Å². The zero-order chi connectivity index (χ0) is 10.9. The summed E-state index contributed by atoms with van der Waals surface area (Å²) in [6, 6.07) is 0. The molecule has 2 heterocycles. The van der Waals surface area contributed by atoms with Crippen molar-refractivity contribution in [2.24, 2.45) is 0 Å². The predicted molar refractivity (Wildman–Crippen MR) is 54.0 cm³/mol. The number of carbonyl (C=O) groups is 1. The fourth-order valence-corrected chi connectivity index (χ4v) is 2.53. The minimum atomic E-state index is -0.0511. The van der Waals surface area contributed by atoms with Crippen LogP contribution in [0.2, 0.25) is 0 Å². The Balaban J connectivity index is 2.12. The van der Waals surface area contributed by atoms with E-state index in [9.17, 15) is 4.79 Å². The third kappa shape index (κ3) is 1.75. The first-order valence-corrected chi connectivity index (χ1v) is 5.42. The average molecular weight is 214 g/mol. The molecule has 1 amide bonds. The fourth-order valence-electron chi connectivity index (χ4n) is 2.53. The summed E-state index contributed by atoms with van der Waals surface area (Å²) in [7, 11) is 1.94. The Bertz CT molecular complexity index is 251. The Labute approximate surface area is 89.6 Å². The van der Waals surface area contributed by atoms with E-state index in [1.807, 2.05) is 12.1 Å². The van der Waals surface area contributed by atoms with E-state index < -0.39 is 0 Å². The van der Waals surface area contributed by atoms with Crippen LogP contribution in [-0.4, -0.2) is 60.0 Å². The quantitative estimate of drug-likeness (QED) is 0.680. The van der Waals surface area contributed by atoms with E-state index in [1.54, 1.807) is 5.01 Å². The lowest BCUT2D eigenvalue weighted by atomic mass is 9.87. The fraction of sp³-hybridized carbons (Fsp3) is 0.900. The number of rotatable bonds is 2. The van der Waals surface area contributed by atoms with Gasteiger partial charge in [-0.1, -0.05) is 0 Å². The first kappa shape index (κ1) is 10.9. The summed E-state index contributed by atoms with van der Waals surface area (Å²) in [6.45, 7) is 1.87. The standard InChI is InChI=1S/C10H18N2O3/c1-11-10(2-6-15-7-3-10)8-9(14)12(11)4-5-13/h13H,2-8H2,1H3. The third-order valence-corrected chi connectivity index (χ3v) is 3.55. The van der Waals surface area contributed by atoms with Gasteiger partial charge in [0.05, 0.1) is 18.7 Å². The van der Waals surface area contributed by atoms with Gasteiger partial charge in [-0.2, -0.15) is 0 Å². The molecule has 2 rings (SSSR count). The third-order valence-electron chi connectivity index (χ3n) is 3.55. The van der Waals surface area contributed by atoms with Crippen LogP contribution < -0.4 is 0 Å². The maximum Gasteiger partial charge on any atom is 0.238 e. The van der Waals surface area contributed by atoms with Crippen LogP contribution in [0.4, 0.5) is 0 Å². The molecule has 1 spiro atoms. The van der Waals surface area contributed by atoms with Gasteiger partial charge in [-0.05, 0) is 12.8 Å². The van der Waals surface area contributed by atoms with E-state index in [-0.39, 0.29) is 18.1 Å². The Hall–Kier alpha value is -0.650. The summed E-state index contributed by atoms with van der Waals surface area (Å²) in [5, 5.41) is 12.6. The highest BCUT2D eigenvalue weighted by atomic mass is 16.5. The Morgan fingerprint density at radius 2 is 2.13 bits per heavy atom. The number of aliphatic hydroxyl groups is 1. The van der Waals surface area contributed by atoms with Gasteiger partial charge >= 0.3 is 0 Å². The number of hydrazine groups is 1. The lowest BCUT2D eigenvalue weighted by Gasteiger charge is -2.40. The van der Waals surface area contributed by atoms with Crippen molar-refractivity contribution in [3.63, 3.8) is 0 Å². The van der Waals surface area contributed by atoms with Gasteiger partial charge in [0, 0.05) is 26.7 Å². The predicted octanol–water partition coefficient (Wildman–Crippen LogP) is -0.393. The van der Waals surface area contributed by atoms with Crippen LogP contribution in [0.15, 0.2) is 0 Å². The van der Waals surface area contributed by atoms with Crippen LogP contribution in [0.1, 0.15) is 19.3 Å². The van der Waals surface area contributed by atoms with Gasteiger partial charge in [0.15, 0.2) is 0 Å². The normalized spacial score (nSPS) is 26.5. The molecule has 0 atom stereocenters. The maximum absolute atomic E-state index is 11.8. The summed E-state index contributed by atoms with van der Waals surface area (Å²) in [6.07, 6.45) is 2.36. The van der Waals surface area contributed by atoms with Crippen LogP contribution in [0.3, 0.4) is 0 Å². The molecule has 2 aliphatic heterocycles. The molecule has 5 nitrogen and oxygen atoms in total. The van der Waals surface area contributed by atoms with E-state index in [1.165, 1.54) is 0 Å².